The third-order valence-corrected chi connectivity index (χ3v) is 10.7. The van der Waals surface area contributed by atoms with Gasteiger partial charge in [0.1, 0.15) is 37.0 Å². The van der Waals surface area contributed by atoms with E-state index in [0.717, 1.165) is 44.0 Å². The molecule has 2 aliphatic heterocycles. The van der Waals surface area contributed by atoms with E-state index in [1.165, 1.54) is 0 Å². The quantitative estimate of drug-likeness (QED) is 0.104. The molecule has 65 heavy (non-hydrogen) atoms. The molecule has 2 saturated heterocycles. The summed E-state index contributed by atoms with van der Waals surface area (Å²) in [5.41, 5.74) is 1.44. The number of esters is 4. The maximum Gasteiger partial charge on any atom is 0.303 e. The van der Waals surface area contributed by atoms with Crippen LogP contribution in [0.5, 0.6) is 0 Å². The molecule has 10 atom stereocenters. The van der Waals surface area contributed by atoms with E-state index >= 15 is 0 Å². The first kappa shape index (κ1) is 52.3. The van der Waals surface area contributed by atoms with Crippen LogP contribution in [0.1, 0.15) is 38.8 Å². The second kappa shape index (κ2) is 23.3. The van der Waals surface area contributed by atoms with Crippen LogP contribution in [0.3, 0.4) is 0 Å². The SMILES string of the molecule is CC(=O)OC[C@H]1O[C@H](O[C@H]2[C@@H](OC(C)=O)[C@@H](NC(=O)C(Cl)(Cl)Cl)[C@@H](OCc3ccc4ccccc4c3)O[C@@H]2COCc2ccccc2)[C@@H](NC(=O)C(Cl)(Cl)Cl)[C@@H](OC(C)=O)[C@H]1OC(C)=O. The molecule has 0 saturated carbocycles. The average molecular weight is 1030 g/mol. The molecule has 2 aliphatic rings. The van der Waals surface area contributed by atoms with E-state index in [1.54, 1.807) is 24.3 Å². The zero-order valence-electron chi connectivity index (χ0n) is 34.9. The molecule has 354 valence electrons. The molecule has 0 aromatic heterocycles. The van der Waals surface area contributed by atoms with Crippen molar-refractivity contribution in [3.8, 4) is 0 Å². The Balaban J connectivity index is 1.63. The molecule has 0 aliphatic carbocycles. The first-order valence-corrected chi connectivity index (χ1v) is 21.9. The Morgan fingerprint density at radius 3 is 1.63 bits per heavy atom. The summed E-state index contributed by atoms with van der Waals surface area (Å²) in [4.78, 5) is 77.2. The molecule has 3 aromatic rings. The summed E-state index contributed by atoms with van der Waals surface area (Å²) < 4.78 is 48.9. The third-order valence-electron chi connectivity index (χ3n) is 9.67. The molecule has 0 bridgehead atoms. The first-order valence-electron chi connectivity index (χ1n) is 19.7. The molecule has 5 rings (SSSR count). The molecule has 0 radical (unpaired) electrons. The fourth-order valence-corrected chi connectivity index (χ4v) is 7.32. The number of carbonyl (C=O) groups is 6. The summed E-state index contributed by atoms with van der Waals surface area (Å²) >= 11 is 36.0. The zero-order valence-corrected chi connectivity index (χ0v) is 39.5. The summed E-state index contributed by atoms with van der Waals surface area (Å²) in [7, 11) is 0. The molecule has 2 heterocycles. The Labute approximate surface area is 403 Å². The van der Waals surface area contributed by atoms with Gasteiger partial charge in [-0.05, 0) is 28.0 Å². The second-order valence-electron chi connectivity index (χ2n) is 14.7. The van der Waals surface area contributed by atoms with Crippen LogP contribution in [0.4, 0.5) is 0 Å². The number of rotatable bonds is 16. The Morgan fingerprint density at radius 1 is 0.554 bits per heavy atom. The number of nitrogens with one attached hydrogen (secondary N) is 2. The van der Waals surface area contributed by atoms with Crippen LogP contribution in [-0.4, -0.2) is 118 Å². The van der Waals surface area contributed by atoms with Crippen LogP contribution in [-0.2, 0) is 84.6 Å². The fraction of sp³-hybridized carbons (Fsp3) is 0.476. The fourth-order valence-electron chi connectivity index (χ4n) is 7.00. The van der Waals surface area contributed by atoms with Crippen LogP contribution in [0, 0.1) is 0 Å². The summed E-state index contributed by atoms with van der Waals surface area (Å²) in [5, 5.41) is 6.81. The van der Waals surface area contributed by atoms with Crippen molar-refractivity contribution >= 4 is 116 Å². The van der Waals surface area contributed by atoms with Crippen LogP contribution in [0.15, 0.2) is 72.8 Å². The summed E-state index contributed by atoms with van der Waals surface area (Å²) in [6.07, 6.45) is -12.8. The van der Waals surface area contributed by atoms with Crippen molar-refractivity contribution in [2.24, 2.45) is 0 Å². The van der Waals surface area contributed by atoms with Gasteiger partial charge in [-0.15, -0.1) is 0 Å². The van der Waals surface area contributed by atoms with E-state index in [2.05, 4.69) is 10.6 Å². The van der Waals surface area contributed by atoms with Crippen LogP contribution >= 0.6 is 69.6 Å². The minimum Gasteiger partial charge on any atom is -0.463 e. The van der Waals surface area contributed by atoms with Crippen molar-refractivity contribution in [2.45, 2.75) is 110 Å². The molecule has 0 spiro atoms. The van der Waals surface area contributed by atoms with Crippen molar-refractivity contribution in [3.63, 3.8) is 0 Å². The van der Waals surface area contributed by atoms with Crippen molar-refractivity contribution in [1.82, 2.24) is 10.6 Å². The molecule has 2 N–H and O–H groups in total. The van der Waals surface area contributed by atoms with E-state index < -0.39 is 111 Å². The monoisotopic (exact) mass is 1030 g/mol. The number of halogens is 6. The minimum atomic E-state index is -2.64. The van der Waals surface area contributed by atoms with Crippen molar-refractivity contribution in [2.75, 3.05) is 13.2 Å². The summed E-state index contributed by atoms with van der Waals surface area (Å²) in [6.45, 7) is 3.18. The van der Waals surface area contributed by atoms with Gasteiger partial charge in [0.05, 0.1) is 19.8 Å². The Morgan fingerprint density at radius 2 is 1.06 bits per heavy atom. The summed E-state index contributed by atoms with van der Waals surface area (Å²) in [5.74, 6) is -6.00. The molecule has 3 aromatic carbocycles. The maximum atomic E-state index is 13.5. The van der Waals surface area contributed by atoms with Crippen molar-refractivity contribution in [1.29, 1.82) is 0 Å². The lowest BCUT2D eigenvalue weighted by molar-refractivity contribution is -0.336. The number of benzene rings is 3. The van der Waals surface area contributed by atoms with Crippen LogP contribution in [0.25, 0.3) is 10.8 Å². The predicted molar refractivity (Wildman–Crippen MR) is 235 cm³/mol. The second-order valence-corrected chi connectivity index (χ2v) is 19.3. The minimum absolute atomic E-state index is 0.0343. The van der Waals surface area contributed by atoms with Gasteiger partial charge in [0.25, 0.3) is 19.4 Å². The normalized spacial score (nSPS) is 25.8. The number of carbonyl (C=O) groups excluding carboxylic acids is 6. The van der Waals surface area contributed by atoms with E-state index in [1.807, 2.05) is 48.5 Å². The van der Waals surface area contributed by atoms with E-state index in [0.29, 0.717) is 5.56 Å². The molecular formula is C42H44Cl6N2O15. The highest BCUT2D eigenvalue weighted by Crippen LogP contribution is 2.36. The number of amides is 2. The van der Waals surface area contributed by atoms with Crippen molar-refractivity contribution < 1.29 is 71.4 Å². The Bertz CT molecular complexity index is 2160. The molecule has 17 nitrogen and oxygen atoms in total. The lowest BCUT2D eigenvalue weighted by Gasteiger charge is -2.50. The highest BCUT2D eigenvalue weighted by atomic mass is 35.6. The number of hydrogen-bond acceptors (Lipinski definition) is 15. The van der Waals surface area contributed by atoms with Gasteiger partial charge in [0.15, 0.2) is 30.9 Å². The number of alkyl halides is 6. The lowest BCUT2D eigenvalue weighted by Crippen LogP contribution is -2.71. The van der Waals surface area contributed by atoms with Crippen LogP contribution in [0.2, 0.25) is 0 Å². The molecular weight excluding hydrogens is 985 g/mol. The topological polar surface area (TPSA) is 210 Å². The van der Waals surface area contributed by atoms with E-state index in [4.69, 9.17) is 112 Å². The standard InChI is InChI=1S/C42H44Cl6N2O15/c1-21(51)58-20-30-33(60-22(2)52)36(62-24(4)54)32(50-40(56)42(46,47)48)38(64-30)65-34-29(19-57-17-25-10-6-5-7-11-25)63-37(31(35(34)61-23(3)53)49-39(55)41(43,44)45)59-18-26-14-15-27-12-8-9-13-28(27)16-26/h5-16,29-38H,17-20H2,1-4H3,(H,49,55)(H,50,56)/t29-,30-,31-,32+,33+,34-,35+,36-,37+,38-/m1/s1. The average Bonchev–Trinajstić information content (AvgIpc) is 3.22. The van der Waals surface area contributed by atoms with E-state index in [-0.39, 0.29) is 19.8 Å². The summed E-state index contributed by atoms with van der Waals surface area (Å²) in [6, 6.07) is 18.9. The van der Waals surface area contributed by atoms with Gasteiger partial charge < -0.3 is 53.3 Å². The van der Waals surface area contributed by atoms with Gasteiger partial charge >= 0.3 is 23.9 Å². The molecule has 0 unspecified atom stereocenters. The first-order chi connectivity index (χ1) is 30.6. The number of hydrogen-bond donors (Lipinski definition) is 2. The number of ether oxygens (including phenoxy) is 9. The van der Waals surface area contributed by atoms with Gasteiger partial charge in [0, 0.05) is 27.7 Å². The van der Waals surface area contributed by atoms with E-state index in [9.17, 15) is 28.8 Å². The lowest BCUT2D eigenvalue weighted by atomic mass is 9.93. The van der Waals surface area contributed by atoms with Gasteiger partial charge in [-0.2, -0.15) is 0 Å². The van der Waals surface area contributed by atoms with Gasteiger partial charge in [-0.1, -0.05) is 136 Å². The Hall–Kier alpha value is -3.72. The van der Waals surface area contributed by atoms with Crippen molar-refractivity contribution in [3.05, 3.63) is 83.9 Å². The highest BCUT2D eigenvalue weighted by molar-refractivity contribution is 6.76. The highest BCUT2D eigenvalue weighted by Gasteiger charge is 2.57. The smallest absolute Gasteiger partial charge is 0.303 e. The maximum absolute atomic E-state index is 13.5. The molecule has 23 heteroatoms. The van der Waals surface area contributed by atoms with Gasteiger partial charge in [-0.25, -0.2) is 0 Å². The van der Waals surface area contributed by atoms with Gasteiger partial charge in [0.2, 0.25) is 0 Å². The third kappa shape index (κ3) is 15.1. The predicted octanol–water partition coefficient (Wildman–Crippen LogP) is 5.48. The largest absolute Gasteiger partial charge is 0.463 e. The molecule has 2 amide bonds. The number of fused-ring (bicyclic) bond motifs is 1. The van der Waals surface area contributed by atoms with Gasteiger partial charge in [-0.3, -0.25) is 28.8 Å². The zero-order chi connectivity index (χ0) is 47.6. The molecule has 2 fully saturated rings. The van der Waals surface area contributed by atoms with Crippen LogP contribution < -0.4 is 10.6 Å². The Kier molecular flexibility index (Phi) is 18.8.